The topological polar surface area (TPSA) is 66.5 Å². The van der Waals surface area contributed by atoms with Gasteiger partial charge < -0.3 is 5.32 Å². The van der Waals surface area contributed by atoms with Crippen LogP contribution in [0.1, 0.15) is 24.8 Å². The van der Waals surface area contributed by atoms with Crippen molar-refractivity contribution >= 4 is 33.2 Å². The Bertz CT molecular complexity index is 897. The second-order valence-corrected chi connectivity index (χ2v) is 8.71. The molecule has 0 spiro atoms. The molecule has 2 aromatic rings. The van der Waals surface area contributed by atoms with Gasteiger partial charge in [0.05, 0.1) is 4.90 Å². The van der Waals surface area contributed by atoms with Crippen molar-refractivity contribution < 1.29 is 13.2 Å². The zero-order valence-corrected chi connectivity index (χ0v) is 16.1. The normalized spacial score (nSPS) is 18.5. The van der Waals surface area contributed by atoms with Crippen molar-refractivity contribution in [3.8, 4) is 0 Å². The zero-order chi connectivity index (χ0) is 18.7. The van der Waals surface area contributed by atoms with E-state index in [0.717, 1.165) is 18.4 Å². The molecule has 1 N–H and O–H groups in total. The number of carbonyl (C=O) groups excluding carboxylic acids is 1. The van der Waals surface area contributed by atoms with Crippen LogP contribution in [0.25, 0.3) is 0 Å². The summed E-state index contributed by atoms with van der Waals surface area (Å²) in [6, 6.07) is 12.8. The number of rotatable bonds is 4. The molecule has 1 atom stereocenters. The minimum atomic E-state index is -3.76. The third kappa shape index (κ3) is 3.92. The smallest absolute Gasteiger partial charge is 0.243 e. The van der Waals surface area contributed by atoms with Crippen LogP contribution in [-0.4, -0.2) is 31.2 Å². The van der Waals surface area contributed by atoms with Crippen molar-refractivity contribution in [2.75, 3.05) is 11.9 Å². The van der Waals surface area contributed by atoms with E-state index in [2.05, 4.69) is 5.32 Å². The molecule has 1 fully saturated rings. The van der Waals surface area contributed by atoms with Gasteiger partial charge in [-0.2, -0.15) is 4.31 Å². The van der Waals surface area contributed by atoms with E-state index in [1.54, 1.807) is 12.1 Å². The first-order valence-corrected chi connectivity index (χ1v) is 10.4. The fraction of sp³-hybridized carbons (Fsp3) is 0.316. The molecule has 26 heavy (non-hydrogen) atoms. The highest BCUT2D eigenvalue weighted by Gasteiger charge is 2.37. The number of aryl methyl sites for hydroxylation is 1. The summed E-state index contributed by atoms with van der Waals surface area (Å²) in [7, 11) is -3.76. The van der Waals surface area contributed by atoms with E-state index < -0.39 is 16.1 Å². The highest BCUT2D eigenvalue weighted by Crippen LogP contribution is 2.27. The second-order valence-electron chi connectivity index (χ2n) is 6.39. The zero-order valence-electron chi connectivity index (χ0n) is 14.5. The van der Waals surface area contributed by atoms with Crippen molar-refractivity contribution in [2.24, 2.45) is 0 Å². The van der Waals surface area contributed by atoms with Gasteiger partial charge in [-0.1, -0.05) is 36.2 Å². The number of para-hydroxylation sites is 1. The van der Waals surface area contributed by atoms with Crippen LogP contribution in [0.15, 0.2) is 53.4 Å². The van der Waals surface area contributed by atoms with E-state index >= 15 is 0 Å². The van der Waals surface area contributed by atoms with Gasteiger partial charge in [-0.3, -0.25) is 4.79 Å². The molecule has 1 aliphatic rings. The fourth-order valence-electron chi connectivity index (χ4n) is 3.13. The van der Waals surface area contributed by atoms with Crippen LogP contribution >= 0.6 is 11.6 Å². The molecule has 5 nitrogen and oxygen atoms in total. The van der Waals surface area contributed by atoms with Gasteiger partial charge in [-0.05, 0) is 55.7 Å². The number of anilines is 1. The Kier molecular flexibility index (Phi) is 5.65. The second kappa shape index (κ2) is 7.78. The third-order valence-corrected chi connectivity index (χ3v) is 6.75. The van der Waals surface area contributed by atoms with Gasteiger partial charge in [0.15, 0.2) is 0 Å². The average molecular weight is 393 g/mol. The molecule has 1 unspecified atom stereocenters. The predicted molar refractivity (Wildman–Crippen MR) is 103 cm³/mol. The lowest BCUT2D eigenvalue weighted by Crippen LogP contribution is -2.49. The molecule has 2 aromatic carbocycles. The lowest BCUT2D eigenvalue weighted by molar-refractivity contribution is -0.120. The summed E-state index contributed by atoms with van der Waals surface area (Å²) >= 11 is 5.86. The van der Waals surface area contributed by atoms with E-state index in [4.69, 9.17) is 11.6 Å². The van der Waals surface area contributed by atoms with Crippen LogP contribution in [0.2, 0.25) is 5.02 Å². The Morgan fingerprint density at radius 3 is 2.50 bits per heavy atom. The third-order valence-electron chi connectivity index (χ3n) is 4.58. The molecule has 3 rings (SSSR count). The number of sulfonamides is 1. The van der Waals surface area contributed by atoms with Gasteiger partial charge in [-0.25, -0.2) is 8.42 Å². The minimum absolute atomic E-state index is 0.150. The summed E-state index contributed by atoms with van der Waals surface area (Å²) in [5.74, 6) is -0.295. The van der Waals surface area contributed by atoms with Crippen LogP contribution in [0, 0.1) is 6.92 Å². The van der Waals surface area contributed by atoms with Gasteiger partial charge >= 0.3 is 0 Å². The maximum absolute atomic E-state index is 13.0. The first-order valence-electron chi connectivity index (χ1n) is 8.53. The summed E-state index contributed by atoms with van der Waals surface area (Å²) in [5.41, 5.74) is 1.63. The molecule has 1 aliphatic heterocycles. The summed E-state index contributed by atoms with van der Waals surface area (Å²) in [6.45, 7) is 2.23. The molecular weight excluding hydrogens is 372 g/mol. The molecular formula is C19H21ClN2O3S. The maximum atomic E-state index is 13.0. The van der Waals surface area contributed by atoms with Gasteiger partial charge in [0.1, 0.15) is 6.04 Å². The van der Waals surface area contributed by atoms with Gasteiger partial charge in [0, 0.05) is 17.3 Å². The quantitative estimate of drug-likeness (QED) is 0.859. The van der Waals surface area contributed by atoms with Crippen LogP contribution in [0.3, 0.4) is 0 Å². The number of hydrogen-bond acceptors (Lipinski definition) is 3. The van der Waals surface area contributed by atoms with Crippen molar-refractivity contribution in [1.29, 1.82) is 0 Å². The summed E-state index contributed by atoms with van der Waals surface area (Å²) in [5, 5.41) is 3.35. The number of hydrogen-bond donors (Lipinski definition) is 1. The Morgan fingerprint density at radius 2 is 1.81 bits per heavy atom. The van der Waals surface area contributed by atoms with Crippen LogP contribution < -0.4 is 5.32 Å². The molecule has 7 heteroatoms. The molecule has 1 saturated heterocycles. The van der Waals surface area contributed by atoms with Gasteiger partial charge in [0.2, 0.25) is 15.9 Å². The maximum Gasteiger partial charge on any atom is 0.243 e. The fourth-order valence-corrected chi connectivity index (χ4v) is 4.91. The number of nitrogens with zero attached hydrogens (tertiary/aromatic N) is 1. The predicted octanol–water partition coefficient (Wildman–Crippen LogP) is 3.83. The number of amides is 1. The number of benzene rings is 2. The highest BCUT2D eigenvalue weighted by molar-refractivity contribution is 7.89. The SMILES string of the molecule is Cc1ccccc1NC(=O)C1CCCCN1S(=O)(=O)c1ccc(Cl)cc1. The van der Waals surface area contributed by atoms with Crippen LogP contribution in [0.5, 0.6) is 0 Å². The first kappa shape index (κ1) is 18.9. The minimum Gasteiger partial charge on any atom is -0.324 e. The number of halogens is 1. The van der Waals surface area contributed by atoms with Gasteiger partial charge in [0.25, 0.3) is 0 Å². The van der Waals surface area contributed by atoms with E-state index in [9.17, 15) is 13.2 Å². The summed E-state index contributed by atoms with van der Waals surface area (Å²) in [4.78, 5) is 13.0. The van der Waals surface area contributed by atoms with Crippen molar-refractivity contribution in [2.45, 2.75) is 37.1 Å². The van der Waals surface area contributed by atoms with Crippen LogP contribution in [-0.2, 0) is 14.8 Å². The largest absolute Gasteiger partial charge is 0.324 e. The number of piperidine rings is 1. The molecule has 0 radical (unpaired) electrons. The Balaban J connectivity index is 1.86. The summed E-state index contributed by atoms with van der Waals surface area (Å²) in [6.07, 6.45) is 2.06. The standard InChI is InChI=1S/C19H21ClN2O3S/c1-14-6-2-3-7-17(14)21-19(23)18-8-4-5-13-22(18)26(24,25)16-11-9-15(20)10-12-16/h2-3,6-7,9-12,18H,4-5,8,13H2,1H3,(H,21,23). The lowest BCUT2D eigenvalue weighted by Gasteiger charge is -2.33. The summed E-state index contributed by atoms with van der Waals surface area (Å²) < 4.78 is 27.4. The highest BCUT2D eigenvalue weighted by atomic mass is 35.5. The monoisotopic (exact) mass is 392 g/mol. The molecule has 0 aliphatic carbocycles. The molecule has 138 valence electrons. The van der Waals surface area contributed by atoms with E-state index in [1.165, 1.54) is 16.4 Å². The Morgan fingerprint density at radius 1 is 1.12 bits per heavy atom. The van der Waals surface area contributed by atoms with Crippen molar-refractivity contribution in [3.05, 3.63) is 59.1 Å². The Hall–Kier alpha value is -1.89. The first-order chi connectivity index (χ1) is 12.4. The molecule has 1 heterocycles. The van der Waals surface area contributed by atoms with Crippen molar-refractivity contribution in [3.63, 3.8) is 0 Å². The molecule has 0 bridgehead atoms. The molecule has 0 aromatic heterocycles. The van der Waals surface area contributed by atoms with E-state index in [-0.39, 0.29) is 10.8 Å². The van der Waals surface area contributed by atoms with E-state index in [1.807, 2.05) is 31.2 Å². The average Bonchev–Trinajstić information content (AvgIpc) is 2.64. The molecule has 1 amide bonds. The lowest BCUT2D eigenvalue weighted by atomic mass is 10.0. The van der Waals surface area contributed by atoms with Gasteiger partial charge in [-0.15, -0.1) is 0 Å². The van der Waals surface area contributed by atoms with E-state index in [0.29, 0.717) is 23.7 Å². The molecule has 0 saturated carbocycles. The number of nitrogens with one attached hydrogen (secondary N) is 1. The Labute approximate surface area is 159 Å². The number of carbonyl (C=O) groups is 1. The van der Waals surface area contributed by atoms with Crippen LogP contribution in [0.4, 0.5) is 5.69 Å². The van der Waals surface area contributed by atoms with Crippen molar-refractivity contribution in [1.82, 2.24) is 4.31 Å².